The van der Waals surface area contributed by atoms with Gasteiger partial charge in [-0.2, -0.15) is 0 Å². The normalized spacial score (nSPS) is 15.4. The zero-order valence-corrected chi connectivity index (χ0v) is 14.4. The van der Waals surface area contributed by atoms with Crippen molar-refractivity contribution in [1.29, 1.82) is 0 Å². The van der Waals surface area contributed by atoms with Crippen molar-refractivity contribution in [2.75, 3.05) is 31.5 Å². The van der Waals surface area contributed by atoms with E-state index in [1.165, 1.54) is 25.9 Å². The highest BCUT2D eigenvalue weighted by molar-refractivity contribution is 5.87. The highest BCUT2D eigenvalue weighted by atomic mass is 16.1. The van der Waals surface area contributed by atoms with Crippen LogP contribution in [0.3, 0.4) is 0 Å². The lowest BCUT2D eigenvalue weighted by molar-refractivity contribution is 0.352. The van der Waals surface area contributed by atoms with E-state index in [2.05, 4.69) is 20.2 Å². The fourth-order valence-corrected chi connectivity index (χ4v) is 3.73. The maximum Gasteiger partial charge on any atom is 0.292 e. The third kappa shape index (κ3) is 2.52. The summed E-state index contributed by atoms with van der Waals surface area (Å²) in [5.74, 6) is 0.808. The van der Waals surface area contributed by atoms with E-state index in [-0.39, 0.29) is 5.56 Å². The van der Waals surface area contributed by atoms with Gasteiger partial charge in [-0.05, 0) is 50.2 Å². The predicted molar refractivity (Wildman–Crippen MR) is 103 cm³/mol. The van der Waals surface area contributed by atoms with Crippen LogP contribution in [0.5, 0.6) is 0 Å². The quantitative estimate of drug-likeness (QED) is 0.591. The van der Waals surface area contributed by atoms with E-state index in [4.69, 9.17) is 4.98 Å². The molecule has 0 atom stereocenters. The largest absolute Gasteiger partial charge is 0.369 e. The Kier molecular flexibility index (Phi) is 3.60. The molecule has 4 aromatic rings. The van der Waals surface area contributed by atoms with Gasteiger partial charge in [0, 0.05) is 13.1 Å². The van der Waals surface area contributed by atoms with E-state index >= 15 is 0 Å². The summed E-state index contributed by atoms with van der Waals surface area (Å²) in [4.78, 5) is 26.9. The Labute approximate surface area is 149 Å². The molecule has 7 nitrogen and oxygen atoms in total. The summed E-state index contributed by atoms with van der Waals surface area (Å²) < 4.78 is 1.84. The Bertz CT molecular complexity index is 1160. The number of anilines is 1. The summed E-state index contributed by atoms with van der Waals surface area (Å²) in [7, 11) is 0. The van der Waals surface area contributed by atoms with Crippen molar-refractivity contribution in [1.82, 2.24) is 24.3 Å². The fraction of sp³-hybridized carbons (Fsp3) is 0.316. The third-order valence-electron chi connectivity index (χ3n) is 5.03. The van der Waals surface area contributed by atoms with E-state index < -0.39 is 0 Å². The van der Waals surface area contributed by atoms with Crippen molar-refractivity contribution in [3.8, 4) is 0 Å². The second kappa shape index (κ2) is 6.10. The molecule has 1 fully saturated rings. The summed E-state index contributed by atoms with van der Waals surface area (Å²) >= 11 is 0. The average molecular weight is 348 g/mol. The summed E-state index contributed by atoms with van der Waals surface area (Å²) in [6, 6.07) is 11.5. The van der Waals surface area contributed by atoms with Gasteiger partial charge in [0.05, 0.1) is 16.6 Å². The van der Waals surface area contributed by atoms with Gasteiger partial charge in [0.2, 0.25) is 5.65 Å². The second-order valence-electron chi connectivity index (χ2n) is 6.76. The molecule has 0 radical (unpaired) electrons. The van der Waals surface area contributed by atoms with E-state index in [0.29, 0.717) is 16.8 Å². The molecule has 0 spiro atoms. The number of H-pyrrole nitrogens is 1. The fourth-order valence-electron chi connectivity index (χ4n) is 3.73. The number of aromatic nitrogens is 4. The summed E-state index contributed by atoms with van der Waals surface area (Å²) in [6.45, 7) is 4.26. The number of aromatic amines is 1. The molecule has 3 aromatic heterocycles. The Balaban J connectivity index is 1.56. The molecule has 1 saturated heterocycles. The van der Waals surface area contributed by atoms with Crippen molar-refractivity contribution in [3.63, 3.8) is 0 Å². The highest BCUT2D eigenvalue weighted by Crippen LogP contribution is 2.20. The maximum absolute atomic E-state index is 12.4. The molecule has 0 unspecified atom stereocenters. The van der Waals surface area contributed by atoms with Crippen LogP contribution in [0.25, 0.3) is 27.8 Å². The molecule has 1 aromatic carbocycles. The molecule has 7 heteroatoms. The molecule has 0 bridgehead atoms. The zero-order chi connectivity index (χ0) is 17.5. The number of hydrogen-bond donors (Lipinski definition) is 2. The Hall–Kier alpha value is -2.93. The van der Waals surface area contributed by atoms with Crippen LogP contribution in [0, 0.1) is 0 Å². The first kappa shape index (κ1) is 15.3. The van der Waals surface area contributed by atoms with Crippen molar-refractivity contribution in [3.05, 3.63) is 46.8 Å². The van der Waals surface area contributed by atoms with Crippen molar-refractivity contribution < 1.29 is 0 Å². The molecule has 0 saturated carbocycles. The molecule has 0 aliphatic carbocycles. The smallest absolute Gasteiger partial charge is 0.292 e. The number of rotatable bonds is 4. The number of benzene rings is 1. The second-order valence-corrected chi connectivity index (χ2v) is 6.76. The van der Waals surface area contributed by atoms with Crippen molar-refractivity contribution in [2.45, 2.75) is 12.8 Å². The number of para-hydroxylation sites is 2. The summed E-state index contributed by atoms with van der Waals surface area (Å²) in [6.07, 6.45) is 2.60. The summed E-state index contributed by atoms with van der Waals surface area (Å²) in [5, 5.41) is 3.40. The van der Waals surface area contributed by atoms with E-state index in [0.717, 1.165) is 29.9 Å². The van der Waals surface area contributed by atoms with Crippen molar-refractivity contribution in [2.24, 2.45) is 0 Å². The van der Waals surface area contributed by atoms with Gasteiger partial charge in [0.15, 0.2) is 5.65 Å². The molecule has 132 valence electrons. The molecular formula is C19H20N6O. The number of likely N-dealkylation sites (tertiary alicyclic amines) is 1. The first-order valence-corrected chi connectivity index (χ1v) is 9.06. The topological polar surface area (TPSA) is 78.3 Å². The van der Waals surface area contributed by atoms with Crippen molar-refractivity contribution >= 4 is 33.7 Å². The highest BCUT2D eigenvalue weighted by Gasteiger charge is 2.13. The van der Waals surface area contributed by atoms with Gasteiger partial charge in [-0.25, -0.2) is 9.97 Å². The van der Waals surface area contributed by atoms with Crippen LogP contribution in [-0.2, 0) is 0 Å². The molecule has 1 aliphatic rings. The Morgan fingerprint density at radius 3 is 2.77 bits per heavy atom. The van der Waals surface area contributed by atoms with Gasteiger partial charge in [-0.1, -0.05) is 12.1 Å². The van der Waals surface area contributed by atoms with E-state index in [1.807, 2.05) is 40.8 Å². The number of pyridine rings is 1. The first-order valence-electron chi connectivity index (χ1n) is 9.06. The first-order chi connectivity index (χ1) is 12.8. The molecule has 26 heavy (non-hydrogen) atoms. The van der Waals surface area contributed by atoms with Gasteiger partial charge < -0.3 is 15.2 Å². The minimum Gasteiger partial charge on any atom is -0.369 e. The predicted octanol–water partition coefficient (Wildman–Crippen LogP) is 2.23. The lowest BCUT2D eigenvalue weighted by Gasteiger charge is -2.15. The van der Waals surface area contributed by atoms with Gasteiger partial charge in [-0.15, -0.1) is 0 Å². The van der Waals surface area contributed by atoms with Crippen LogP contribution in [-0.4, -0.2) is 50.4 Å². The monoisotopic (exact) mass is 348 g/mol. The SMILES string of the molecule is O=c1[nH]c2ccc(NCCN3CCCC3)nc2n2c1nc1ccccc12. The molecular weight excluding hydrogens is 328 g/mol. The number of fused-ring (bicyclic) bond motifs is 5. The van der Waals surface area contributed by atoms with Crippen LogP contribution in [0.4, 0.5) is 5.82 Å². The number of nitrogens with zero attached hydrogens (tertiary/aromatic N) is 4. The van der Waals surface area contributed by atoms with Crippen LogP contribution in [0.2, 0.25) is 0 Å². The van der Waals surface area contributed by atoms with Gasteiger partial charge >= 0.3 is 0 Å². The lowest BCUT2D eigenvalue weighted by atomic mass is 10.3. The molecule has 0 amide bonds. The minimum atomic E-state index is -0.203. The molecule has 5 rings (SSSR count). The van der Waals surface area contributed by atoms with E-state index in [9.17, 15) is 4.79 Å². The van der Waals surface area contributed by atoms with E-state index in [1.54, 1.807) is 0 Å². The van der Waals surface area contributed by atoms with Gasteiger partial charge in [0.1, 0.15) is 5.82 Å². The maximum atomic E-state index is 12.4. The standard InChI is InChI=1S/C19H20N6O/c26-19-18-21-13-5-1-2-6-15(13)25(18)17-14(22-19)7-8-16(23-17)20-9-12-24-10-3-4-11-24/h1-2,5-8H,3-4,9-12H2,(H,20,23)(H,22,26). The Morgan fingerprint density at radius 1 is 1.04 bits per heavy atom. The molecule has 4 heterocycles. The number of imidazole rings is 1. The van der Waals surface area contributed by atoms with Crippen LogP contribution in [0.1, 0.15) is 12.8 Å². The molecule has 2 N–H and O–H groups in total. The number of nitrogens with one attached hydrogen (secondary N) is 2. The Morgan fingerprint density at radius 2 is 1.88 bits per heavy atom. The van der Waals surface area contributed by atoms with Gasteiger partial charge in [-0.3, -0.25) is 9.20 Å². The zero-order valence-electron chi connectivity index (χ0n) is 14.4. The average Bonchev–Trinajstić information content (AvgIpc) is 3.30. The van der Waals surface area contributed by atoms with Crippen LogP contribution in [0.15, 0.2) is 41.2 Å². The lowest BCUT2D eigenvalue weighted by Crippen LogP contribution is -2.26. The third-order valence-corrected chi connectivity index (χ3v) is 5.03. The molecule has 1 aliphatic heterocycles. The summed E-state index contributed by atoms with van der Waals surface area (Å²) in [5.41, 5.74) is 3.26. The van der Waals surface area contributed by atoms with Crippen LogP contribution >= 0.6 is 0 Å². The van der Waals surface area contributed by atoms with Crippen LogP contribution < -0.4 is 10.9 Å². The minimum absolute atomic E-state index is 0.203. The van der Waals surface area contributed by atoms with Gasteiger partial charge in [0.25, 0.3) is 5.56 Å². The number of hydrogen-bond acceptors (Lipinski definition) is 5.